The van der Waals surface area contributed by atoms with Gasteiger partial charge in [0.25, 0.3) is 0 Å². The van der Waals surface area contributed by atoms with E-state index in [4.69, 9.17) is 5.73 Å². The molecule has 3 aromatic rings. The summed E-state index contributed by atoms with van der Waals surface area (Å²) < 4.78 is 0. The van der Waals surface area contributed by atoms with E-state index in [0.717, 1.165) is 16.9 Å². The summed E-state index contributed by atoms with van der Waals surface area (Å²) >= 11 is 0. The minimum Gasteiger partial charge on any atom is -0.381 e. The molecule has 0 radical (unpaired) electrons. The zero-order chi connectivity index (χ0) is 17.4. The van der Waals surface area contributed by atoms with Gasteiger partial charge < -0.3 is 16.0 Å². The van der Waals surface area contributed by atoms with Gasteiger partial charge in [-0.1, -0.05) is 48.5 Å². The van der Waals surface area contributed by atoms with Gasteiger partial charge in [0.2, 0.25) is 5.91 Å². The number of rotatable bonds is 2. The van der Waals surface area contributed by atoms with Crippen molar-refractivity contribution in [2.75, 3.05) is 16.8 Å². The highest BCUT2D eigenvalue weighted by Crippen LogP contribution is 2.32. The Morgan fingerprint density at radius 2 is 1.81 bits per heavy atom. The number of anilines is 2. The Balaban J connectivity index is 0.00000196. The predicted octanol–water partition coefficient (Wildman–Crippen LogP) is 3.86. The molecular weight excluding hydrogens is 346 g/mol. The zero-order valence-corrected chi connectivity index (χ0v) is 15.4. The molecule has 134 valence electrons. The van der Waals surface area contributed by atoms with Crippen LogP contribution >= 0.6 is 12.4 Å². The van der Waals surface area contributed by atoms with Crippen molar-refractivity contribution in [1.82, 2.24) is 0 Å². The number of para-hydroxylation sites is 2. The first-order valence-electron chi connectivity index (χ1n) is 8.52. The van der Waals surface area contributed by atoms with E-state index < -0.39 is 6.04 Å². The van der Waals surface area contributed by atoms with Crippen LogP contribution in [0.5, 0.6) is 0 Å². The van der Waals surface area contributed by atoms with Crippen molar-refractivity contribution in [3.8, 4) is 0 Å². The first-order chi connectivity index (χ1) is 12.1. The molecule has 0 aliphatic carbocycles. The lowest BCUT2D eigenvalue weighted by Crippen LogP contribution is -2.45. The van der Waals surface area contributed by atoms with Crippen LogP contribution in [-0.4, -0.2) is 18.5 Å². The molecule has 0 saturated carbocycles. The molecule has 1 heterocycles. The number of fused-ring (bicyclic) bond motifs is 2. The fraction of sp³-hybridized carbons (Fsp3) is 0.190. The highest BCUT2D eigenvalue weighted by Gasteiger charge is 2.28. The topological polar surface area (TPSA) is 58.4 Å². The first-order valence-corrected chi connectivity index (χ1v) is 8.52. The molecule has 0 bridgehead atoms. The molecule has 1 atom stereocenters. The smallest absolute Gasteiger partial charge is 0.246 e. The third kappa shape index (κ3) is 3.14. The van der Waals surface area contributed by atoms with Gasteiger partial charge in [-0.25, -0.2) is 0 Å². The van der Waals surface area contributed by atoms with Crippen molar-refractivity contribution in [3.63, 3.8) is 0 Å². The molecular formula is C21H22ClN3O. The van der Waals surface area contributed by atoms with E-state index >= 15 is 0 Å². The minimum atomic E-state index is -0.553. The van der Waals surface area contributed by atoms with Gasteiger partial charge in [-0.3, -0.25) is 4.79 Å². The second-order valence-electron chi connectivity index (χ2n) is 6.51. The second kappa shape index (κ2) is 7.36. The van der Waals surface area contributed by atoms with Gasteiger partial charge in [0.1, 0.15) is 6.04 Å². The summed E-state index contributed by atoms with van der Waals surface area (Å²) in [6.07, 6.45) is 0. The van der Waals surface area contributed by atoms with Crippen molar-refractivity contribution in [2.45, 2.75) is 19.5 Å². The Bertz CT molecular complexity index is 957. The maximum atomic E-state index is 12.9. The van der Waals surface area contributed by atoms with Crippen LogP contribution < -0.4 is 16.0 Å². The number of benzene rings is 3. The van der Waals surface area contributed by atoms with Gasteiger partial charge in [0.15, 0.2) is 0 Å². The normalized spacial score (nSPS) is 16.5. The molecule has 0 aromatic heterocycles. The molecule has 1 aliphatic rings. The molecule has 4 nitrogen and oxygen atoms in total. The van der Waals surface area contributed by atoms with Crippen molar-refractivity contribution in [2.24, 2.45) is 5.73 Å². The molecule has 1 unspecified atom stereocenters. The number of nitrogens with one attached hydrogen (secondary N) is 1. The number of halogens is 1. The second-order valence-corrected chi connectivity index (χ2v) is 6.51. The highest BCUT2D eigenvalue weighted by atomic mass is 35.5. The number of amides is 1. The molecule has 4 rings (SSSR count). The average molecular weight is 368 g/mol. The lowest BCUT2D eigenvalue weighted by Gasteiger charge is -2.25. The monoisotopic (exact) mass is 367 g/mol. The molecule has 0 spiro atoms. The van der Waals surface area contributed by atoms with Crippen LogP contribution in [0.2, 0.25) is 0 Å². The highest BCUT2D eigenvalue weighted by molar-refractivity contribution is 6.02. The standard InChI is InChI=1S/C21H21N3O.ClH/c1-14-10-11-15-6-2-3-7-16(15)17(14)13-24-20-9-5-4-8-19(20)23-12-18(22)21(24)25;/h2-11,18,23H,12-13,22H2,1H3;1H. The number of nitrogens with two attached hydrogens (primary N) is 1. The minimum absolute atomic E-state index is 0. The predicted molar refractivity (Wildman–Crippen MR) is 110 cm³/mol. The summed E-state index contributed by atoms with van der Waals surface area (Å²) in [6.45, 7) is 3.05. The molecule has 3 N–H and O–H groups in total. The molecule has 1 amide bonds. The summed E-state index contributed by atoms with van der Waals surface area (Å²) in [5, 5.41) is 5.65. The average Bonchev–Trinajstić information content (AvgIpc) is 2.76. The lowest BCUT2D eigenvalue weighted by atomic mass is 9.99. The quantitative estimate of drug-likeness (QED) is 0.723. The van der Waals surface area contributed by atoms with Gasteiger partial charge in [-0.15, -0.1) is 12.4 Å². The SMILES string of the molecule is Cc1ccc2ccccc2c1CN1C(=O)C(N)CNc2ccccc21.Cl. The van der Waals surface area contributed by atoms with Crippen LogP contribution in [0.3, 0.4) is 0 Å². The maximum Gasteiger partial charge on any atom is 0.246 e. The number of nitrogens with zero attached hydrogens (tertiary/aromatic N) is 1. The summed E-state index contributed by atoms with van der Waals surface area (Å²) in [6, 6.07) is 19.9. The van der Waals surface area contributed by atoms with E-state index in [1.54, 1.807) is 0 Å². The van der Waals surface area contributed by atoms with E-state index in [9.17, 15) is 4.79 Å². The molecule has 3 aromatic carbocycles. The summed E-state index contributed by atoms with van der Waals surface area (Å²) in [7, 11) is 0. The third-order valence-corrected chi connectivity index (χ3v) is 4.88. The van der Waals surface area contributed by atoms with Crippen LogP contribution in [-0.2, 0) is 11.3 Å². The largest absolute Gasteiger partial charge is 0.381 e. The third-order valence-electron chi connectivity index (χ3n) is 4.88. The van der Waals surface area contributed by atoms with E-state index in [0.29, 0.717) is 13.1 Å². The molecule has 0 saturated heterocycles. The van der Waals surface area contributed by atoms with Crippen LogP contribution in [0.4, 0.5) is 11.4 Å². The number of aryl methyl sites for hydroxylation is 1. The summed E-state index contributed by atoms with van der Waals surface area (Å²) in [5.41, 5.74) is 10.3. The van der Waals surface area contributed by atoms with E-state index in [-0.39, 0.29) is 18.3 Å². The maximum absolute atomic E-state index is 12.9. The van der Waals surface area contributed by atoms with Crippen molar-refractivity contribution >= 4 is 40.5 Å². The van der Waals surface area contributed by atoms with Crippen LogP contribution in [0.25, 0.3) is 10.8 Å². The molecule has 26 heavy (non-hydrogen) atoms. The van der Waals surface area contributed by atoms with Crippen molar-refractivity contribution in [1.29, 1.82) is 0 Å². The lowest BCUT2D eigenvalue weighted by molar-refractivity contribution is -0.119. The van der Waals surface area contributed by atoms with Gasteiger partial charge in [-0.05, 0) is 41.0 Å². The fourth-order valence-corrected chi connectivity index (χ4v) is 3.46. The van der Waals surface area contributed by atoms with E-state index in [1.165, 1.54) is 16.3 Å². The number of carbonyl (C=O) groups excluding carboxylic acids is 1. The molecule has 5 heteroatoms. The molecule has 1 aliphatic heterocycles. The number of hydrogen-bond acceptors (Lipinski definition) is 3. The van der Waals surface area contributed by atoms with Gasteiger partial charge in [-0.2, -0.15) is 0 Å². The fourth-order valence-electron chi connectivity index (χ4n) is 3.46. The number of hydrogen-bond donors (Lipinski definition) is 2. The number of carbonyl (C=O) groups is 1. The Labute approximate surface area is 159 Å². The van der Waals surface area contributed by atoms with Crippen LogP contribution in [0.15, 0.2) is 60.7 Å². The Hall–Kier alpha value is -2.56. The van der Waals surface area contributed by atoms with Gasteiger partial charge in [0.05, 0.1) is 17.9 Å². The Morgan fingerprint density at radius 1 is 1.08 bits per heavy atom. The summed E-state index contributed by atoms with van der Waals surface area (Å²) in [4.78, 5) is 14.7. The zero-order valence-electron chi connectivity index (χ0n) is 14.6. The van der Waals surface area contributed by atoms with E-state index in [2.05, 4.69) is 36.5 Å². The van der Waals surface area contributed by atoms with Crippen LogP contribution in [0, 0.1) is 6.92 Å². The summed E-state index contributed by atoms with van der Waals surface area (Å²) in [5.74, 6) is -0.0511. The van der Waals surface area contributed by atoms with Crippen molar-refractivity contribution in [3.05, 3.63) is 71.8 Å². The van der Waals surface area contributed by atoms with E-state index in [1.807, 2.05) is 41.3 Å². The first kappa shape index (κ1) is 18.2. The molecule has 0 fully saturated rings. The van der Waals surface area contributed by atoms with Crippen LogP contribution in [0.1, 0.15) is 11.1 Å². The Morgan fingerprint density at radius 3 is 2.65 bits per heavy atom. The van der Waals surface area contributed by atoms with Gasteiger partial charge in [0, 0.05) is 6.54 Å². The Kier molecular flexibility index (Phi) is 5.16. The van der Waals surface area contributed by atoms with Crippen molar-refractivity contribution < 1.29 is 4.79 Å². The van der Waals surface area contributed by atoms with Gasteiger partial charge >= 0.3 is 0 Å².